The van der Waals surface area contributed by atoms with Crippen molar-refractivity contribution in [2.24, 2.45) is 0 Å². The number of nitrogens with one attached hydrogen (secondary N) is 1. The minimum atomic E-state index is -0.245. The number of carbonyl (C=O) groups is 2. The maximum atomic E-state index is 12.7. The number of aromatic nitrogens is 1. The van der Waals surface area contributed by atoms with E-state index < -0.39 is 0 Å². The molecule has 3 aromatic rings. The lowest BCUT2D eigenvalue weighted by Crippen LogP contribution is -2.34. The molecule has 34 heavy (non-hydrogen) atoms. The second-order valence-electron chi connectivity index (χ2n) is 8.68. The fourth-order valence-electron chi connectivity index (χ4n) is 4.44. The number of para-hydroxylation sites is 1. The van der Waals surface area contributed by atoms with Crippen LogP contribution in [0.1, 0.15) is 29.9 Å². The van der Waals surface area contributed by atoms with Gasteiger partial charge in [0.25, 0.3) is 0 Å². The monoisotopic (exact) mass is 481 g/mol. The Morgan fingerprint density at radius 2 is 2.18 bits per heavy atom. The third kappa shape index (κ3) is 4.71. The van der Waals surface area contributed by atoms with Gasteiger partial charge in [-0.05, 0) is 36.2 Å². The van der Waals surface area contributed by atoms with Crippen molar-refractivity contribution in [2.45, 2.75) is 31.8 Å². The van der Waals surface area contributed by atoms with E-state index in [4.69, 9.17) is 14.2 Å². The molecule has 0 unspecified atom stereocenters. The average Bonchev–Trinajstić information content (AvgIpc) is 3.55. The molecule has 0 aliphatic carbocycles. The summed E-state index contributed by atoms with van der Waals surface area (Å²) in [5.41, 5.74) is 2.95. The van der Waals surface area contributed by atoms with E-state index >= 15 is 0 Å². The molecule has 2 atom stereocenters. The molecular weight excluding hydrogens is 454 g/mol. The number of benzene rings is 2. The molecule has 2 amide bonds. The van der Waals surface area contributed by atoms with Gasteiger partial charge in [-0.1, -0.05) is 29.5 Å². The van der Waals surface area contributed by atoms with E-state index in [0.29, 0.717) is 42.8 Å². The zero-order valence-electron chi connectivity index (χ0n) is 19.2. The van der Waals surface area contributed by atoms with Gasteiger partial charge in [-0.2, -0.15) is 0 Å². The molecule has 2 aromatic carbocycles. The average molecular weight is 482 g/mol. The van der Waals surface area contributed by atoms with Gasteiger partial charge in [0.05, 0.1) is 37.1 Å². The normalized spacial score (nSPS) is 20.2. The van der Waals surface area contributed by atoms with Crippen LogP contribution in [0, 0.1) is 6.92 Å². The first-order chi connectivity index (χ1) is 16.5. The van der Waals surface area contributed by atoms with Crippen LogP contribution < -0.4 is 14.8 Å². The van der Waals surface area contributed by atoms with Crippen molar-refractivity contribution in [3.05, 3.63) is 47.5 Å². The molecule has 2 aliphatic heterocycles. The molecule has 1 N–H and O–H groups in total. The smallest absolute Gasteiger partial charge is 0.245 e. The summed E-state index contributed by atoms with van der Waals surface area (Å²) in [6, 6.07) is 11.7. The van der Waals surface area contributed by atoms with E-state index in [-0.39, 0.29) is 30.4 Å². The number of ether oxygens (including phenoxy) is 3. The Hall–Kier alpha value is -3.17. The van der Waals surface area contributed by atoms with Gasteiger partial charge in [0.1, 0.15) is 6.10 Å². The molecule has 0 saturated carbocycles. The summed E-state index contributed by atoms with van der Waals surface area (Å²) in [7, 11) is 1.61. The Bertz CT molecular complexity index is 1220. The topological polar surface area (TPSA) is 90.0 Å². The van der Waals surface area contributed by atoms with Gasteiger partial charge in [0, 0.05) is 25.3 Å². The van der Waals surface area contributed by atoms with Crippen molar-refractivity contribution in [3.63, 3.8) is 0 Å². The highest BCUT2D eigenvalue weighted by atomic mass is 32.1. The number of hydrogen-bond acceptors (Lipinski definition) is 7. The Labute approximate surface area is 201 Å². The largest absolute Gasteiger partial charge is 0.493 e. The van der Waals surface area contributed by atoms with E-state index in [2.05, 4.69) is 10.3 Å². The lowest BCUT2D eigenvalue weighted by molar-refractivity contribution is -0.131. The highest BCUT2D eigenvalue weighted by Crippen LogP contribution is 2.36. The van der Waals surface area contributed by atoms with Crippen molar-refractivity contribution < 1.29 is 23.8 Å². The Kier molecular flexibility index (Phi) is 6.38. The van der Waals surface area contributed by atoms with Crippen LogP contribution in [0.2, 0.25) is 0 Å². The first kappa shape index (κ1) is 22.6. The molecule has 8 nitrogen and oxygen atoms in total. The number of hydrogen-bond donors (Lipinski definition) is 1. The minimum Gasteiger partial charge on any atom is -0.493 e. The second kappa shape index (κ2) is 9.60. The number of thiazole rings is 1. The van der Waals surface area contributed by atoms with Crippen molar-refractivity contribution in [1.82, 2.24) is 9.88 Å². The lowest BCUT2D eigenvalue weighted by Gasteiger charge is -2.18. The molecular formula is C25H27N3O5S. The number of nitrogens with zero attached hydrogens (tertiary/aromatic N) is 2. The fourth-order valence-corrected chi connectivity index (χ4v) is 5.40. The molecule has 0 radical (unpaired) electrons. The van der Waals surface area contributed by atoms with Gasteiger partial charge in [0.15, 0.2) is 16.6 Å². The highest BCUT2D eigenvalue weighted by Gasteiger charge is 2.32. The molecule has 5 rings (SSSR count). The summed E-state index contributed by atoms with van der Waals surface area (Å²) in [6.45, 7) is 3.73. The van der Waals surface area contributed by atoms with E-state index in [0.717, 1.165) is 27.8 Å². The third-order valence-electron chi connectivity index (χ3n) is 6.26. The van der Waals surface area contributed by atoms with Gasteiger partial charge < -0.3 is 24.4 Å². The van der Waals surface area contributed by atoms with E-state index in [1.807, 2.05) is 43.3 Å². The van der Waals surface area contributed by atoms with Gasteiger partial charge in [-0.25, -0.2) is 4.98 Å². The highest BCUT2D eigenvalue weighted by molar-refractivity contribution is 7.22. The molecule has 0 spiro atoms. The Morgan fingerprint density at radius 3 is 2.94 bits per heavy atom. The summed E-state index contributed by atoms with van der Waals surface area (Å²) >= 11 is 1.43. The minimum absolute atomic E-state index is 0.000788. The van der Waals surface area contributed by atoms with Gasteiger partial charge in [-0.3, -0.25) is 9.59 Å². The zero-order chi connectivity index (χ0) is 23.7. The zero-order valence-corrected chi connectivity index (χ0v) is 20.0. The number of rotatable bonds is 7. The molecule has 178 valence electrons. The van der Waals surface area contributed by atoms with Crippen LogP contribution >= 0.6 is 11.3 Å². The predicted molar refractivity (Wildman–Crippen MR) is 130 cm³/mol. The second-order valence-corrected chi connectivity index (χ2v) is 9.71. The van der Waals surface area contributed by atoms with Crippen LogP contribution in [0.25, 0.3) is 10.2 Å². The summed E-state index contributed by atoms with van der Waals surface area (Å²) < 4.78 is 18.0. The predicted octanol–water partition coefficient (Wildman–Crippen LogP) is 3.74. The van der Waals surface area contributed by atoms with Gasteiger partial charge in [-0.15, -0.1) is 0 Å². The third-order valence-corrected chi connectivity index (χ3v) is 7.19. The first-order valence-corrected chi connectivity index (χ1v) is 12.2. The van der Waals surface area contributed by atoms with Crippen LogP contribution in [-0.2, 0) is 14.3 Å². The molecule has 3 heterocycles. The number of carbonyl (C=O) groups excluding carboxylic acids is 2. The summed E-state index contributed by atoms with van der Waals surface area (Å²) in [5.74, 6) is 1.01. The molecule has 0 bridgehead atoms. The van der Waals surface area contributed by atoms with Crippen molar-refractivity contribution >= 4 is 38.5 Å². The van der Waals surface area contributed by atoms with Gasteiger partial charge in [0.2, 0.25) is 11.8 Å². The molecule has 2 aliphatic rings. The number of amides is 2. The van der Waals surface area contributed by atoms with Crippen LogP contribution in [0.4, 0.5) is 5.13 Å². The van der Waals surface area contributed by atoms with E-state index in [1.54, 1.807) is 12.0 Å². The Morgan fingerprint density at radius 1 is 1.29 bits per heavy atom. The molecule has 2 saturated heterocycles. The SMILES string of the molecule is COc1ccc([C@@H]2CC(=O)N(CC(=O)Nc3nc4c(C)cccc4s3)C2)cc1O[C@@H]1CCOC1. The summed E-state index contributed by atoms with van der Waals surface area (Å²) in [4.78, 5) is 31.5. The van der Waals surface area contributed by atoms with Crippen molar-refractivity contribution in [1.29, 1.82) is 0 Å². The summed E-state index contributed by atoms with van der Waals surface area (Å²) in [5, 5.41) is 3.40. The van der Waals surface area contributed by atoms with E-state index in [9.17, 15) is 9.59 Å². The number of aryl methyl sites for hydroxylation is 1. The molecule has 2 fully saturated rings. The first-order valence-electron chi connectivity index (χ1n) is 11.4. The fraction of sp³-hybridized carbons (Fsp3) is 0.400. The molecule has 1 aromatic heterocycles. The van der Waals surface area contributed by atoms with Crippen LogP contribution in [0.3, 0.4) is 0 Å². The number of anilines is 1. The number of methoxy groups -OCH3 is 1. The maximum Gasteiger partial charge on any atom is 0.245 e. The van der Waals surface area contributed by atoms with Crippen LogP contribution in [0.5, 0.6) is 11.5 Å². The quantitative estimate of drug-likeness (QED) is 0.553. The lowest BCUT2D eigenvalue weighted by atomic mass is 9.98. The van der Waals surface area contributed by atoms with Crippen molar-refractivity contribution in [3.8, 4) is 11.5 Å². The molecule has 9 heteroatoms. The number of fused-ring (bicyclic) bond motifs is 1. The summed E-state index contributed by atoms with van der Waals surface area (Å²) in [6.07, 6.45) is 1.19. The van der Waals surface area contributed by atoms with Crippen LogP contribution in [-0.4, -0.2) is 61.2 Å². The van der Waals surface area contributed by atoms with Crippen molar-refractivity contribution in [2.75, 3.05) is 38.7 Å². The maximum absolute atomic E-state index is 12.7. The Balaban J connectivity index is 1.24. The standard InChI is InChI=1S/C25H27N3O5S/c1-15-4-3-5-21-24(15)27-25(34-21)26-22(29)13-28-12-17(11-23(28)30)16-6-7-19(31-2)20(10-16)33-18-8-9-32-14-18/h3-7,10,17-18H,8-9,11-14H2,1-2H3,(H,26,27,29)/t17-,18-/m1/s1. The van der Waals surface area contributed by atoms with E-state index in [1.165, 1.54) is 11.3 Å². The number of likely N-dealkylation sites (tertiary alicyclic amines) is 1. The van der Waals surface area contributed by atoms with Gasteiger partial charge >= 0.3 is 0 Å². The van der Waals surface area contributed by atoms with Crippen LogP contribution in [0.15, 0.2) is 36.4 Å².